The molecule has 1 atom stereocenters. The van der Waals surface area contributed by atoms with Gasteiger partial charge in [0.2, 0.25) is 0 Å². The lowest BCUT2D eigenvalue weighted by Gasteiger charge is -2.32. The molecule has 1 heterocycles. The summed E-state index contributed by atoms with van der Waals surface area (Å²) in [4.78, 5) is 24.7. The summed E-state index contributed by atoms with van der Waals surface area (Å²) < 4.78 is 5.47. The van der Waals surface area contributed by atoms with Crippen molar-refractivity contribution in [3.63, 3.8) is 0 Å². The third kappa shape index (κ3) is 2.22. The van der Waals surface area contributed by atoms with E-state index in [0.717, 1.165) is 0 Å². The monoisotopic (exact) mass is 249 g/mol. The van der Waals surface area contributed by atoms with Crippen LogP contribution in [0.2, 0.25) is 0 Å². The molecule has 5 heteroatoms. The van der Waals surface area contributed by atoms with E-state index in [4.69, 9.17) is 9.84 Å². The molecule has 0 spiro atoms. The van der Waals surface area contributed by atoms with Crippen molar-refractivity contribution < 1.29 is 19.4 Å². The predicted molar refractivity (Wildman–Crippen MR) is 65.5 cm³/mol. The third-order valence-corrected chi connectivity index (χ3v) is 2.80. The number of hydrogen-bond acceptors (Lipinski definition) is 4. The minimum atomic E-state index is -0.600. The van der Waals surface area contributed by atoms with Gasteiger partial charge in [-0.15, -0.1) is 0 Å². The molecule has 1 aliphatic rings. The quantitative estimate of drug-likeness (QED) is 0.863. The van der Waals surface area contributed by atoms with Crippen LogP contribution in [0, 0.1) is 0 Å². The predicted octanol–water partition coefficient (Wildman–Crippen LogP) is 0.882. The fourth-order valence-corrected chi connectivity index (χ4v) is 1.94. The van der Waals surface area contributed by atoms with Crippen LogP contribution >= 0.6 is 0 Å². The highest BCUT2D eigenvalue weighted by atomic mass is 16.5. The number of rotatable bonds is 3. The smallest absolute Gasteiger partial charge is 0.268 e. The van der Waals surface area contributed by atoms with Crippen LogP contribution in [0.5, 0.6) is 5.75 Å². The fraction of sp³-hybridized carbons (Fsp3) is 0.385. The van der Waals surface area contributed by atoms with Crippen molar-refractivity contribution in [1.29, 1.82) is 0 Å². The summed E-state index contributed by atoms with van der Waals surface area (Å²) in [6.07, 6.45) is -0.600. The number of aliphatic hydroxyl groups is 1. The van der Waals surface area contributed by atoms with Crippen LogP contribution in [0.1, 0.15) is 19.4 Å². The minimum Gasteiger partial charge on any atom is -0.479 e. The molecule has 0 saturated heterocycles. The first-order valence-corrected chi connectivity index (χ1v) is 5.74. The Hall–Kier alpha value is -1.88. The number of ketones is 1. The molecule has 96 valence electrons. The van der Waals surface area contributed by atoms with Crippen LogP contribution in [0.25, 0.3) is 0 Å². The maximum Gasteiger partial charge on any atom is 0.268 e. The molecule has 0 saturated carbocycles. The van der Waals surface area contributed by atoms with Gasteiger partial charge in [0, 0.05) is 0 Å². The van der Waals surface area contributed by atoms with Gasteiger partial charge in [-0.05, 0) is 31.5 Å². The number of hydrogen-bond donors (Lipinski definition) is 1. The average Bonchev–Trinajstić information content (AvgIpc) is 2.34. The van der Waals surface area contributed by atoms with Crippen LogP contribution in [0.4, 0.5) is 5.69 Å². The van der Waals surface area contributed by atoms with Gasteiger partial charge in [-0.3, -0.25) is 14.5 Å². The third-order valence-electron chi connectivity index (χ3n) is 2.80. The molecule has 18 heavy (non-hydrogen) atoms. The van der Waals surface area contributed by atoms with Crippen molar-refractivity contribution in [2.45, 2.75) is 26.6 Å². The summed E-state index contributed by atoms with van der Waals surface area (Å²) in [5, 5.41) is 9.11. The second kappa shape index (κ2) is 4.78. The van der Waals surface area contributed by atoms with Gasteiger partial charge in [0.15, 0.2) is 6.10 Å². The Balaban J connectivity index is 2.45. The number of carbonyl (C=O) groups is 2. The van der Waals surface area contributed by atoms with E-state index in [1.54, 1.807) is 25.1 Å². The molecule has 1 aliphatic heterocycles. The number of anilines is 1. The molecule has 1 aromatic rings. The van der Waals surface area contributed by atoms with Crippen LogP contribution in [0.3, 0.4) is 0 Å². The lowest BCUT2D eigenvalue weighted by Crippen LogP contribution is -2.46. The molecule has 1 amide bonds. The standard InChI is InChI=1S/C13H15NO4/c1-8(16)6-14-11-5-10(7-15)3-4-12(11)18-9(2)13(14)17/h3-5,9,15H,6-7H2,1-2H3. The number of aliphatic hydroxyl groups excluding tert-OH is 1. The number of carbonyl (C=O) groups excluding carboxylic acids is 2. The highest BCUT2D eigenvalue weighted by molar-refractivity contribution is 6.03. The van der Waals surface area contributed by atoms with E-state index in [-0.39, 0.29) is 24.8 Å². The molecule has 0 fully saturated rings. The first-order valence-electron chi connectivity index (χ1n) is 5.74. The van der Waals surface area contributed by atoms with Crippen LogP contribution in [-0.4, -0.2) is 29.4 Å². The van der Waals surface area contributed by atoms with Crippen LogP contribution in [0.15, 0.2) is 18.2 Å². The van der Waals surface area contributed by atoms with Gasteiger partial charge >= 0.3 is 0 Å². The maximum absolute atomic E-state index is 12.0. The molecule has 1 aromatic carbocycles. The first-order chi connectivity index (χ1) is 8.52. The summed E-state index contributed by atoms with van der Waals surface area (Å²) in [5.74, 6) is 0.214. The van der Waals surface area contributed by atoms with E-state index < -0.39 is 6.10 Å². The van der Waals surface area contributed by atoms with Gasteiger partial charge in [-0.25, -0.2) is 0 Å². The highest BCUT2D eigenvalue weighted by Gasteiger charge is 2.32. The fourth-order valence-electron chi connectivity index (χ4n) is 1.94. The highest BCUT2D eigenvalue weighted by Crippen LogP contribution is 2.34. The van der Waals surface area contributed by atoms with Crippen molar-refractivity contribution in [1.82, 2.24) is 0 Å². The molecule has 0 bridgehead atoms. The first kappa shape index (κ1) is 12.6. The van der Waals surface area contributed by atoms with Crippen molar-refractivity contribution in [2.24, 2.45) is 0 Å². The molecular formula is C13H15NO4. The van der Waals surface area contributed by atoms with Gasteiger partial charge in [0.1, 0.15) is 11.5 Å². The van der Waals surface area contributed by atoms with Gasteiger partial charge in [-0.1, -0.05) is 6.07 Å². The van der Waals surface area contributed by atoms with E-state index in [0.29, 0.717) is 17.0 Å². The normalized spacial score (nSPS) is 18.3. The molecule has 5 nitrogen and oxygen atoms in total. The topological polar surface area (TPSA) is 66.8 Å². The molecule has 1 unspecified atom stereocenters. The Labute approximate surface area is 105 Å². The Morgan fingerprint density at radius 1 is 1.50 bits per heavy atom. The number of benzene rings is 1. The van der Waals surface area contributed by atoms with Crippen molar-refractivity contribution in [2.75, 3.05) is 11.4 Å². The number of fused-ring (bicyclic) bond motifs is 1. The second-order valence-corrected chi connectivity index (χ2v) is 4.35. The zero-order chi connectivity index (χ0) is 13.3. The van der Waals surface area contributed by atoms with Crippen LogP contribution in [-0.2, 0) is 16.2 Å². The number of amides is 1. The molecule has 0 aliphatic carbocycles. The lowest BCUT2D eigenvalue weighted by atomic mass is 10.1. The Morgan fingerprint density at radius 3 is 2.83 bits per heavy atom. The molecule has 1 N–H and O–H groups in total. The van der Waals surface area contributed by atoms with Gasteiger partial charge in [0.25, 0.3) is 5.91 Å². The Bertz CT molecular complexity index is 498. The molecular weight excluding hydrogens is 234 g/mol. The van der Waals surface area contributed by atoms with E-state index in [9.17, 15) is 9.59 Å². The Kier molecular flexibility index (Phi) is 3.34. The van der Waals surface area contributed by atoms with E-state index in [1.165, 1.54) is 11.8 Å². The summed E-state index contributed by atoms with van der Waals surface area (Å²) >= 11 is 0. The number of nitrogens with zero attached hydrogens (tertiary/aromatic N) is 1. The van der Waals surface area contributed by atoms with E-state index in [1.807, 2.05) is 0 Å². The van der Waals surface area contributed by atoms with Gasteiger partial charge in [0.05, 0.1) is 18.8 Å². The second-order valence-electron chi connectivity index (χ2n) is 4.35. The summed E-state index contributed by atoms with van der Waals surface area (Å²) in [5.41, 5.74) is 1.22. The minimum absolute atomic E-state index is 0.0222. The average molecular weight is 249 g/mol. The largest absolute Gasteiger partial charge is 0.479 e. The van der Waals surface area contributed by atoms with E-state index in [2.05, 4.69) is 0 Å². The summed E-state index contributed by atoms with van der Waals surface area (Å²) in [7, 11) is 0. The van der Waals surface area contributed by atoms with Crippen LogP contribution < -0.4 is 9.64 Å². The Morgan fingerprint density at radius 2 is 2.22 bits per heavy atom. The SMILES string of the molecule is CC(=O)CN1C(=O)C(C)Oc2ccc(CO)cc21. The van der Waals surface area contributed by atoms with Crippen molar-refractivity contribution >= 4 is 17.4 Å². The van der Waals surface area contributed by atoms with Crippen molar-refractivity contribution in [3.8, 4) is 5.75 Å². The van der Waals surface area contributed by atoms with Crippen molar-refractivity contribution in [3.05, 3.63) is 23.8 Å². The van der Waals surface area contributed by atoms with Gasteiger partial charge < -0.3 is 9.84 Å². The molecule has 0 radical (unpaired) electrons. The zero-order valence-corrected chi connectivity index (χ0v) is 10.3. The lowest BCUT2D eigenvalue weighted by molar-refractivity contribution is -0.127. The zero-order valence-electron chi connectivity index (χ0n) is 10.3. The molecule has 2 rings (SSSR count). The van der Waals surface area contributed by atoms with Gasteiger partial charge in [-0.2, -0.15) is 0 Å². The summed E-state index contributed by atoms with van der Waals surface area (Å²) in [6.45, 7) is 2.99. The number of ether oxygens (including phenoxy) is 1. The maximum atomic E-state index is 12.0. The summed E-state index contributed by atoms with van der Waals surface area (Å²) in [6, 6.07) is 5.10. The molecule has 0 aromatic heterocycles. The number of Topliss-reactive ketones (excluding diaryl/α,β-unsaturated/α-hetero) is 1. The van der Waals surface area contributed by atoms with E-state index >= 15 is 0 Å².